The Balaban J connectivity index is 2.31. The molecule has 2 rings (SSSR count). The molecule has 0 heterocycles. The maximum Gasteiger partial charge on any atom is 0.247 e. The summed E-state index contributed by atoms with van der Waals surface area (Å²) in [6.07, 6.45) is 0.990. The Morgan fingerprint density at radius 2 is 1.67 bits per heavy atom. The van der Waals surface area contributed by atoms with E-state index in [9.17, 15) is 17.6 Å². The van der Waals surface area contributed by atoms with Crippen LogP contribution in [0.5, 0.6) is 0 Å². The topological polar surface area (TPSA) is 57.7 Å². The first-order valence-corrected chi connectivity index (χ1v) is 9.26. The van der Waals surface area contributed by atoms with E-state index in [1.807, 2.05) is 6.07 Å². The molecule has 5 nitrogen and oxygen atoms in total. The van der Waals surface area contributed by atoms with Crippen LogP contribution in [-0.4, -0.2) is 33.7 Å². The molecule has 0 aliphatic rings. The molecule has 0 aromatic heterocycles. The number of likely N-dealkylation sites (N-methyl/N-ethyl adjacent to an activating group) is 1. The molecule has 0 saturated heterocycles. The molecule has 24 heavy (non-hydrogen) atoms. The fraction of sp³-hybridized carbons (Fsp3) is 0.235. The SMILES string of the molecule is CCN(C(=O)CN(c1cccc(F)c1)S(C)(=O)=O)c1ccccc1. The van der Waals surface area contributed by atoms with Gasteiger partial charge in [-0.2, -0.15) is 0 Å². The van der Waals surface area contributed by atoms with Crippen LogP contribution in [-0.2, 0) is 14.8 Å². The average molecular weight is 350 g/mol. The van der Waals surface area contributed by atoms with Gasteiger partial charge in [0.1, 0.15) is 12.4 Å². The van der Waals surface area contributed by atoms with Gasteiger partial charge in [-0.25, -0.2) is 12.8 Å². The number of para-hydroxylation sites is 1. The minimum absolute atomic E-state index is 0.120. The minimum Gasteiger partial charge on any atom is -0.311 e. The number of amides is 1. The predicted octanol–water partition coefficient (Wildman–Crippen LogP) is 2.64. The Hall–Kier alpha value is -2.41. The second kappa shape index (κ2) is 7.44. The molecule has 0 bridgehead atoms. The molecule has 0 unspecified atom stereocenters. The summed E-state index contributed by atoms with van der Waals surface area (Å²) in [6, 6.07) is 14.1. The van der Waals surface area contributed by atoms with Gasteiger partial charge in [0.15, 0.2) is 0 Å². The summed E-state index contributed by atoms with van der Waals surface area (Å²) in [6.45, 7) is 1.80. The molecule has 0 saturated carbocycles. The zero-order chi connectivity index (χ0) is 17.7. The largest absolute Gasteiger partial charge is 0.311 e. The molecular formula is C17H19FN2O3S. The first kappa shape index (κ1) is 17.9. The third-order valence-corrected chi connectivity index (χ3v) is 4.60. The van der Waals surface area contributed by atoms with Crippen molar-refractivity contribution in [1.29, 1.82) is 0 Å². The summed E-state index contributed by atoms with van der Waals surface area (Å²) in [7, 11) is -3.73. The van der Waals surface area contributed by atoms with Crippen molar-refractivity contribution in [2.75, 3.05) is 28.6 Å². The maximum atomic E-state index is 13.4. The molecule has 2 aromatic carbocycles. The van der Waals surface area contributed by atoms with Crippen LogP contribution >= 0.6 is 0 Å². The molecule has 1 amide bonds. The standard InChI is InChI=1S/C17H19FN2O3S/c1-3-19(15-9-5-4-6-10-15)17(21)13-20(24(2,22)23)16-11-7-8-14(18)12-16/h4-12H,3,13H2,1-2H3. The van der Waals surface area contributed by atoms with E-state index in [1.165, 1.54) is 23.1 Å². The molecule has 128 valence electrons. The fourth-order valence-electron chi connectivity index (χ4n) is 2.35. The number of nitrogens with zero attached hydrogens (tertiary/aromatic N) is 2. The number of benzene rings is 2. The van der Waals surface area contributed by atoms with Crippen molar-refractivity contribution in [2.24, 2.45) is 0 Å². The van der Waals surface area contributed by atoms with E-state index in [0.29, 0.717) is 12.2 Å². The highest BCUT2D eigenvalue weighted by molar-refractivity contribution is 7.92. The Morgan fingerprint density at radius 1 is 1.04 bits per heavy atom. The number of hydrogen-bond acceptors (Lipinski definition) is 3. The van der Waals surface area contributed by atoms with Crippen LogP contribution in [0.2, 0.25) is 0 Å². The lowest BCUT2D eigenvalue weighted by atomic mass is 10.2. The normalized spacial score (nSPS) is 11.1. The molecule has 0 aliphatic carbocycles. The molecule has 0 fully saturated rings. The molecule has 2 aromatic rings. The number of hydrogen-bond donors (Lipinski definition) is 0. The first-order valence-electron chi connectivity index (χ1n) is 7.41. The summed E-state index contributed by atoms with van der Waals surface area (Å²) < 4.78 is 38.5. The highest BCUT2D eigenvalue weighted by Crippen LogP contribution is 2.20. The Kier molecular flexibility index (Phi) is 5.56. The van der Waals surface area contributed by atoms with Gasteiger partial charge in [0.25, 0.3) is 0 Å². The predicted molar refractivity (Wildman–Crippen MR) is 93.1 cm³/mol. The zero-order valence-electron chi connectivity index (χ0n) is 13.5. The van der Waals surface area contributed by atoms with Crippen LogP contribution in [0.15, 0.2) is 54.6 Å². The quantitative estimate of drug-likeness (QED) is 0.805. The van der Waals surface area contributed by atoms with Crippen molar-refractivity contribution >= 4 is 27.3 Å². The van der Waals surface area contributed by atoms with Crippen molar-refractivity contribution in [2.45, 2.75) is 6.92 Å². The number of carbonyl (C=O) groups excluding carboxylic acids is 1. The molecular weight excluding hydrogens is 331 g/mol. The third kappa shape index (κ3) is 4.32. The highest BCUT2D eigenvalue weighted by Gasteiger charge is 2.24. The number of halogens is 1. The van der Waals surface area contributed by atoms with Crippen molar-refractivity contribution in [1.82, 2.24) is 0 Å². The van der Waals surface area contributed by atoms with Gasteiger partial charge in [-0.3, -0.25) is 9.10 Å². The molecule has 0 spiro atoms. The maximum absolute atomic E-state index is 13.4. The van der Waals surface area contributed by atoms with Crippen molar-refractivity contribution in [3.63, 3.8) is 0 Å². The van der Waals surface area contributed by atoms with E-state index in [1.54, 1.807) is 31.2 Å². The van der Waals surface area contributed by atoms with E-state index in [-0.39, 0.29) is 5.69 Å². The Morgan fingerprint density at radius 3 is 2.21 bits per heavy atom. The molecule has 0 atom stereocenters. The molecule has 0 N–H and O–H groups in total. The van der Waals surface area contributed by atoms with Crippen LogP contribution in [0.1, 0.15) is 6.92 Å². The molecule has 0 aliphatic heterocycles. The number of anilines is 2. The van der Waals surface area contributed by atoms with Crippen LogP contribution in [0.4, 0.5) is 15.8 Å². The number of carbonyl (C=O) groups is 1. The lowest BCUT2D eigenvalue weighted by Crippen LogP contribution is -2.42. The lowest BCUT2D eigenvalue weighted by Gasteiger charge is -2.27. The molecule has 0 radical (unpaired) electrons. The molecule has 7 heteroatoms. The van der Waals surface area contributed by atoms with Crippen molar-refractivity contribution in [3.05, 3.63) is 60.4 Å². The Labute approximate surface area is 141 Å². The lowest BCUT2D eigenvalue weighted by molar-refractivity contribution is -0.117. The highest BCUT2D eigenvalue weighted by atomic mass is 32.2. The zero-order valence-corrected chi connectivity index (χ0v) is 14.3. The van der Waals surface area contributed by atoms with Crippen LogP contribution in [0.25, 0.3) is 0 Å². The van der Waals surface area contributed by atoms with Gasteiger partial charge >= 0.3 is 0 Å². The van der Waals surface area contributed by atoms with Crippen LogP contribution in [0.3, 0.4) is 0 Å². The summed E-state index contributed by atoms with van der Waals surface area (Å²) in [5.41, 5.74) is 0.799. The van der Waals surface area contributed by atoms with Crippen LogP contribution in [0, 0.1) is 5.82 Å². The summed E-state index contributed by atoms with van der Waals surface area (Å²) in [5.74, 6) is -0.956. The summed E-state index contributed by atoms with van der Waals surface area (Å²) in [5, 5.41) is 0. The van der Waals surface area contributed by atoms with Crippen molar-refractivity contribution in [3.8, 4) is 0 Å². The van der Waals surface area contributed by atoms with Gasteiger partial charge in [0, 0.05) is 12.2 Å². The number of sulfonamides is 1. The second-order valence-electron chi connectivity index (χ2n) is 5.22. The van der Waals surface area contributed by atoms with Gasteiger partial charge in [-0.05, 0) is 37.3 Å². The summed E-state index contributed by atoms with van der Waals surface area (Å²) in [4.78, 5) is 14.1. The van der Waals surface area contributed by atoms with E-state index in [2.05, 4.69) is 0 Å². The van der Waals surface area contributed by atoms with E-state index in [0.717, 1.165) is 16.6 Å². The van der Waals surface area contributed by atoms with E-state index >= 15 is 0 Å². The monoisotopic (exact) mass is 350 g/mol. The fourth-order valence-corrected chi connectivity index (χ4v) is 3.19. The van der Waals surface area contributed by atoms with Gasteiger partial charge in [-0.15, -0.1) is 0 Å². The van der Waals surface area contributed by atoms with Gasteiger partial charge in [0.2, 0.25) is 15.9 Å². The van der Waals surface area contributed by atoms with Crippen molar-refractivity contribution < 1.29 is 17.6 Å². The van der Waals surface area contributed by atoms with Crippen LogP contribution < -0.4 is 9.21 Å². The van der Waals surface area contributed by atoms with Gasteiger partial charge in [-0.1, -0.05) is 24.3 Å². The Bertz CT molecular complexity index is 810. The van der Waals surface area contributed by atoms with Gasteiger partial charge in [0.05, 0.1) is 11.9 Å². The first-order chi connectivity index (χ1) is 11.3. The third-order valence-electron chi connectivity index (χ3n) is 3.46. The second-order valence-corrected chi connectivity index (χ2v) is 7.13. The minimum atomic E-state index is -3.73. The average Bonchev–Trinajstić information content (AvgIpc) is 2.53. The number of rotatable bonds is 6. The smallest absolute Gasteiger partial charge is 0.247 e. The van der Waals surface area contributed by atoms with E-state index in [4.69, 9.17) is 0 Å². The van der Waals surface area contributed by atoms with Gasteiger partial charge < -0.3 is 4.90 Å². The van der Waals surface area contributed by atoms with E-state index < -0.39 is 28.3 Å². The summed E-state index contributed by atoms with van der Waals surface area (Å²) >= 11 is 0.